The van der Waals surface area contributed by atoms with Crippen LogP contribution in [-0.4, -0.2) is 0 Å². The summed E-state index contributed by atoms with van der Waals surface area (Å²) in [4.78, 5) is 2.25. The summed E-state index contributed by atoms with van der Waals surface area (Å²) in [5, 5.41) is 2.67. The van der Waals surface area contributed by atoms with Gasteiger partial charge in [-0.1, -0.05) is 0 Å². The molecule has 0 bridgehead atoms. The largest absolute Gasteiger partial charge is 0.346 e. The maximum Gasteiger partial charge on any atom is 0 e. The molecule has 0 rings (SSSR count). The fourth-order valence-electron chi connectivity index (χ4n) is 0. The minimum absolute atomic E-state index is 0. The quantitative estimate of drug-likeness (QED) is 0.233. The molecule has 1 radical (unpaired) electrons. The summed E-state index contributed by atoms with van der Waals surface area (Å²) in [6.07, 6.45) is 0. The summed E-state index contributed by atoms with van der Waals surface area (Å²) < 4.78 is 0. The molecule has 0 aliphatic carbocycles. The van der Waals surface area contributed by atoms with Crippen LogP contribution in [0, 0.1) is 14.0 Å². The molecule has 0 fully saturated rings. The molecule has 7 heavy (non-hydrogen) atoms. The monoisotopic (exact) mass is 174 g/mol. The molecule has 0 spiro atoms. The zero-order valence-corrected chi connectivity index (χ0v) is 7.17. The number of hydrogen-bond donors (Lipinski definition) is 0. The molecule has 0 amide bonds. The van der Waals surface area contributed by atoms with Crippen molar-refractivity contribution in [2.75, 3.05) is 0 Å². The molecule has 0 aromatic rings. The van der Waals surface area contributed by atoms with Gasteiger partial charge in [-0.25, -0.2) is 0 Å². The van der Waals surface area contributed by atoms with Crippen LogP contribution in [0.5, 0.6) is 0 Å². The van der Waals surface area contributed by atoms with E-state index in [0.29, 0.717) is 0 Å². The van der Waals surface area contributed by atoms with Crippen molar-refractivity contribution in [1.82, 2.24) is 0 Å². The molecule has 0 aliphatic heterocycles. The Kier molecular flexibility index (Phi) is 75.3. The van der Waals surface area contributed by atoms with Crippen molar-refractivity contribution in [3.8, 4) is 0 Å². The maximum atomic E-state index is 7.27. The Balaban J connectivity index is -0.0000000480. The summed E-state index contributed by atoms with van der Waals surface area (Å²) in [5.41, 5.74) is 7.27. The Morgan fingerprint density at radius 1 is 1.57 bits per heavy atom. The van der Waals surface area contributed by atoms with Gasteiger partial charge in [0.05, 0.1) is 0 Å². The van der Waals surface area contributed by atoms with Crippen LogP contribution in [0.1, 0.15) is 6.92 Å². The Labute approximate surface area is 69.0 Å². The minimum atomic E-state index is 0. The van der Waals surface area contributed by atoms with E-state index < -0.39 is 0 Å². The number of azide groups is 1. The number of hydrogen-bond acceptors (Lipinski definition) is 1. The predicted molar refractivity (Wildman–Crippen MR) is 25.5 cm³/mol. The summed E-state index contributed by atoms with van der Waals surface area (Å²) in [6.45, 7) is 5.00. The van der Waals surface area contributed by atoms with Crippen LogP contribution in [0.4, 0.5) is 0 Å². The topological polar surface area (TPSA) is 48.8 Å². The second-order valence-electron chi connectivity index (χ2n) is 0.231. The minimum Gasteiger partial charge on any atom is -0.346 e. The second-order valence-corrected chi connectivity index (χ2v) is 0.231. The zero-order chi connectivity index (χ0) is 5.41. The van der Waals surface area contributed by atoms with Crippen LogP contribution in [0.15, 0.2) is 5.11 Å². The SMILES string of the molecule is [CH2-]C.[CH2-]N=[N+]=[N-].[Y]. The molecule has 0 saturated carbocycles. The molecule has 4 heteroatoms. The van der Waals surface area contributed by atoms with E-state index in [1.807, 2.05) is 0 Å². The molecular weight excluding hydrogens is 167 g/mol. The van der Waals surface area contributed by atoms with Crippen LogP contribution in [0.3, 0.4) is 0 Å². The third-order valence-corrected chi connectivity index (χ3v) is 0.0632. The van der Waals surface area contributed by atoms with Gasteiger partial charge in [-0.3, -0.25) is 5.11 Å². The summed E-state index contributed by atoms with van der Waals surface area (Å²) in [6, 6.07) is 0. The van der Waals surface area contributed by atoms with Gasteiger partial charge < -0.3 is 14.0 Å². The van der Waals surface area contributed by atoms with Crippen molar-refractivity contribution in [3.63, 3.8) is 0 Å². The Hall–Kier alpha value is 0.284. The molecule has 0 heterocycles. The van der Waals surface area contributed by atoms with Crippen LogP contribution in [0.2, 0.25) is 0 Å². The molecular formula is C3H7N3Y-2. The third-order valence-electron chi connectivity index (χ3n) is 0.0632. The molecule has 0 atom stereocenters. The van der Waals surface area contributed by atoms with E-state index in [9.17, 15) is 0 Å². The second kappa shape index (κ2) is 33.6. The first-order valence-electron chi connectivity index (χ1n) is 1.42. The molecule has 0 aromatic carbocycles. The normalized spacial score (nSPS) is 3.14. The summed E-state index contributed by atoms with van der Waals surface area (Å²) >= 11 is 0. The van der Waals surface area contributed by atoms with Crippen LogP contribution >= 0.6 is 0 Å². The van der Waals surface area contributed by atoms with E-state index in [2.05, 4.69) is 24.0 Å². The van der Waals surface area contributed by atoms with Gasteiger partial charge in [-0.2, -0.15) is 6.92 Å². The van der Waals surface area contributed by atoms with Gasteiger partial charge in [0.25, 0.3) is 0 Å². The van der Waals surface area contributed by atoms with Gasteiger partial charge in [0.1, 0.15) is 0 Å². The molecule has 0 aromatic heterocycles. The first kappa shape index (κ1) is 15.7. The Bertz CT molecular complexity index is 48.1. The van der Waals surface area contributed by atoms with Crippen molar-refractivity contribution < 1.29 is 32.7 Å². The first-order chi connectivity index (χ1) is 2.91. The molecule has 0 saturated heterocycles. The van der Waals surface area contributed by atoms with Crippen molar-refractivity contribution in [1.29, 1.82) is 0 Å². The molecule has 3 nitrogen and oxygen atoms in total. The van der Waals surface area contributed by atoms with Gasteiger partial charge in [0.15, 0.2) is 0 Å². The van der Waals surface area contributed by atoms with E-state index in [1.165, 1.54) is 0 Å². The fraction of sp³-hybridized carbons (Fsp3) is 0.333. The maximum absolute atomic E-state index is 7.27. The van der Waals surface area contributed by atoms with Crippen molar-refractivity contribution in [2.24, 2.45) is 5.11 Å². The van der Waals surface area contributed by atoms with Crippen molar-refractivity contribution in [2.45, 2.75) is 6.92 Å². The van der Waals surface area contributed by atoms with Gasteiger partial charge in [0, 0.05) is 32.7 Å². The van der Waals surface area contributed by atoms with Crippen molar-refractivity contribution >= 4 is 0 Å². The Morgan fingerprint density at radius 3 is 1.71 bits per heavy atom. The van der Waals surface area contributed by atoms with E-state index in [4.69, 9.17) is 5.53 Å². The van der Waals surface area contributed by atoms with Gasteiger partial charge in [0.2, 0.25) is 0 Å². The average molecular weight is 174 g/mol. The van der Waals surface area contributed by atoms with Crippen LogP contribution in [0.25, 0.3) is 10.4 Å². The number of nitrogens with zero attached hydrogens (tertiary/aromatic N) is 3. The van der Waals surface area contributed by atoms with Gasteiger partial charge in [-0.05, 0) is 10.4 Å². The summed E-state index contributed by atoms with van der Waals surface area (Å²) in [5.74, 6) is 0. The van der Waals surface area contributed by atoms with Crippen LogP contribution < -0.4 is 0 Å². The van der Waals surface area contributed by atoms with E-state index in [-0.39, 0.29) is 32.7 Å². The van der Waals surface area contributed by atoms with E-state index >= 15 is 0 Å². The number of rotatable bonds is 0. The standard InChI is InChI=1S/C2H5.CH2N3.Y/c1-2;1-3-4-2;/h1H2,2H3;1H2;/q2*-1;. The first-order valence-corrected chi connectivity index (χ1v) is 1.42. The fourth-order valence-corrected chi connectivity index (χ4v) is 0. The van der Waals surface area contributed by atoms with E-state index in [0.717, 1.165) is 0 Å². The molecule has 0 aliphatic rings. The smallest absolute Gasteiger partial charge is 0 e. The van der Waals surface area contributed by atoms with E-state index in [1.54, 1.807) is 6.92 Å². The molecule has 39 valence electrons. The van der Waals surface area contributed by atoms with Crippen LogP contribution in [-0.2, 0) is 32.7 Å². The Morgan fingerprint density at radius 2 is 1.71 bits per heavy atom. The summed E-state index contributed by atoms with van der Waals surface area (Å²) in [7, 11) is 2.81. The molecule has 0 unspecified atom stereocenters. The predicted octanol–water partition coefficient (Wildman–Crippen LogP) is 1.93. The molecule has 0 N–H and O–H groups in total. The van der Waals surface area contributed by atoms with Gasteiger partial charge in [-0.15, -0.1) is 0 Å². The van der Waals surface area contributed by atoms with Crippen molar-refractivity contribution in [3.05, 3.63) is 24.4 Å². The zero-order valence-electron chi connectivity index (χ0n) is 4.33. The third kappa shape index (κ3) is 70.0. The van der Waals surface area contributed by atoms with Gasteiger partial charge >= 0.3 is 0 Å². The average Bonchev–Trinajstić information content (AvgIpc) is 1.72.